The van der Waals surface area contributed by atoms with Gasteiger partial charge in [0.05, 0.1) is 17.1 Å². The van der Waals surface area contributed by atoms with E-state index in [2.05, 4.69) is 27.5 Å². The molecule has 2 heterocycles. The van der Waals surface area contributed by atoms with Crippen LogP contribution in [0.25, 0.3) is 11.0 Å². The van der Waals surface area contributed by atoms with Gasteiger partial charge in [0.15, 0.2) is 0 Å². The molecule has 2 aromatic rings. The summed E-state index contributed by atoms with van der Waals surface area (Å²) in [6.07, 6.45) is 1.02. The van der Waals surface area contributed by atoms with Crippen molar-refractivity contribution in [1.82, 2.24) is 15.3 Å². The Morgan fingerprint density at radius 2 is 2.11 bits per heavy atom. The van der Waals surface area contributed by atoms with E-state index in [1.54, 1.807) is 18.2 Å². The van der Waals surface area contributed by atoms with E-state index in [9.17, 15) is 9.59 Å². The molecule has 100 valence electrons. The summed E-state index contributed by atoms with van der Waals surface area (Å²) >= 11 is 0. The zero-order valence-corrected chi connectivity index (χ0v) is 10.6. The van der Waals surface area contributed by atoms with Gasteiger partial charge in [-0.25, -0.2) is 4.79 Å². The van der Waals surface area contributed by atoms with Crippen molar-refractivity contribution in [1.29, 1.82) is 0 Å². The molecule has 19 heavy (non-hydrogen) atoms. The molecular weight excluding hydrogens is 244 g/mol. The van der Waals surface area contributed by atoms with Crippen LogP contribution in [0.2, 0.25) is 0 Å². The first-order chi connectivity index (χ1) is 9.13. The van der Waals surface area contributed by atoms with E-state index >= 15 is 0 Å². The summed E-state index contributed by atoms with van der Waals surface area (Å²) in [7, 11) is 0. The minimum Gasteiger partial charge on any atom is -0.325 e. The molecule has 1 saturated heterocycles. The van der Waals surface area contributed by atoms with Gasteiger partial charge in [0.1, 0.15) is 0 Å². The predicted molar refractivity (Wildman–Crippen MR) is 73.1 cm³/mol. The lowest BCUT2D eigenvalue weighted by Crippen LogP contribution is -2.39. The first-order valence-corrected chi connectivity index (χ1v) is 6.40. The number of fused-ring (bicyclic) bond motifs is 1. The summed E-state index contributed by atoms with van der Waals surface area (Å²) in [4.78, 5) is 28.6. The minimum absolute atomic E-state index is 0.0257. The molecule has 0 bridgehead atoms. The number of benzene rings is 1. The van der Waals surface area contributed by atoms with Crippen molar-refractivity contribution in [2.45, 2.75) is 19.4 Å². The Morgan fingerprint density at radius 3 is 2.84 bits per heavy atom. The second-order valence-electron chi connectivity index (χ2n) is 5.03. The third-order valence-corrected chi connectivity index (χ3v) is 3.60. The second-order valence-corrected chi connectivity index (χ2v) is 5.03. The molecule has 1 aliphatic heterocycles. The van der Waals surface area contributed by atoms with Crippen LogP contribution in [0.3, 0.4) is 0 Å². The number of anilines is 1. The fraction of sp³-hybridized carbons (Fsp3) is 0.385. The van der Waals surface area contributed by atoms with Crippen LogP contribution in [0.5, 0.6) is 0 Å². The highest BCUT2D eigenvalue weighted by molar-refractivity contribution is 5.96. The number of nitrogens with one attached hydrogen (secondary N) is 4. The molecule has 3 rings (SSSR count). The summed E-state index contributed by atoms with van der Waals surface area (Å²) in [5.74, 6) is 0.318. The van der Waals surface area contributed by atoms with Gasteiger partial charge in [0.2, 0.25) is 5.91 Å². The van der Waals surface area contributed by atoms with Crippen LogP contribution in [0.4, 0.5) is 5.69 Å². The van der Waals surface area contributed by atoms with Crippen LogP contribution in [-0.4, -0.2) is 28.5 Å². The van der Waals surface area contributed by atoms with E-state index in [0.29, 0.717) is 17.1 Å². The van der Waals surface area contributed by atoms with Gasteiger partial charge in [0.25, 0.3) is 0 Å². The third kappa shape index (κ3) is 2.26. The van der Waals surface area contributed by atoms with Gasteiger partial charge in [-0.15, -0.1) is 0 Å². The van der Waals surface area contributed by atoms with Gasteiger partial charge in [-0.1, -0.05) is 6.92 Å². The van der Waals surface area contributed by atoms with Gasteiger partial charge < -0.3 is 20.6 Å². The molecule has 1 aliphatic rings. The average molecular weight is 260 g/mol. The third-order valence-electron chi connectivity index (χ3n) is 3.60. The molecule has 0 radical (unpaired) electrons. The largest absolute Gasteiger partial charge is 0.325 e. The Labute approximate surface area is 109 Å². The van der Waals surface area contributed by atoms with Gasteiger partial charge in [-0.3, -0.25) is 4.79 Å². The number of carbonyl (C=O) groups is 1. The number of aromatic amines is 2. The first kappa shape index (κ1) is 12.0. The molecule has 1 fully saturated rings. The SMILES string of the molecule is CC1CCNC1C(=O)Nc1ccc2[nH]c(=O)[nH]c2c1. The zero-order chi connectivity index (χ0) is 13.4. The Hall–Kier alpha value is -2.08. The van der Waals surface area contributed by atoms with E-state index in [0.717, 1.165) is 18.5 Å². The number of rotatable bonds is 2. The van der Waals surface area contributed by atoms with Gasteiger partial charge in [-0.2, -0.15) is 0 Å². The van der Waals surface area contributed by atoms with Crippen molar-refractivity contribution in [3.8, 4) is 0 Å². The number of amides is 1. The van der Waals surface area contributed by atoms with Gasteiger partial charge >= 0.3 is 5.69 Å². The monoisotopic (exact) mass is 260 g/mol. The summed E-state index contributed by atoms with van der Waals surface area (Å²) in [6.45, 7) is 2.94. The Balaban J connectivity index is 1.80. The van der Waals surface area contributed by atoms with Gasteiger partial charge in [0, 0.05) is 5.69 Å². The van der Waals surface area contributed by atoms with E-state index in [4.69, 9.17) is 0 Å². The van der Waals surface area contributed by atoms with Crippen LogP contribution >= 0.6 is 0 Å². The number of hydrogen-bond donors (Lipinski definition) is 4. The van der Waals surface area contributed by atoms with Gasteiger partial charge in [-0.05, 0) is 37.1 Å². The smallest absolute Gasteiger partial charge is 0.323 e. The predicted octanol–water partition coefficient (Wildman–Crippen LogP) is 0.793. The van der Waals surface area contributed by atoms with E-state index < -0.39 is 0 Å². The lowest BCUT2D eigenvalue weighted by atomic mass is 10.0. The van der Waals surface area contributed by atoms with Crippen molar-refractivity contribution in [3.05, 3.63) is 28.7 Å². The van der Waals surface area contributed by atoms with Crippen LogP contribution in [0, 0.1) is 5.92 Å². The quantitative estimate of drug-likeness (QED) is 0.643. The summed E-state index contributed by atoms with van der Waals surface area (Å²) in [6, 6.07) is 5.17. The van der Waals surface area contributed by atoms with Crippen molar-refractivity contribution < 1.29 is 4.79 Å². The van der Waals surface area contributed by atoms with Crippen molar-refractivity contribution in [2.24, 2.45) is 5.92 Å². The van der Waals surface area contributed by atoms with Crippen molar-refractivity contribution in [3.63, 3.8) is 0 Å². The maximum atomic E-state index is 12.1. The molecule has 0 spiro atoms. The highest BCUT2D eigenvalue weighted by Gasteiger charge is 2.29. The van der Waals surface area contributed by atoms with E-state index in [1.165, 1.54) is 0 Å². The summed E-state index contributed by atoms with van der Waals surface area (Å²) < 4.78 is 0. The molecule has 2 atom stereocenters. The van der Waals surface area contributed by atoms with Crippen LogP contribution in [0.1, 0.15) is 13.3 Å². The zero-order valence-electron chi connectivity index (χ0n) is 10.6. The first-order valence-electron chi connectivity index (χ1n) is 6.40. The highest BCUT2D eigenvalue weighted by atomic mass is 16.2. The van der Waals surface area contributed by atoms with Crippen LogP contribution in [0.15, 0.2) is 23.0 Å². The fourth-order valence-corrected chi connectivity index (χ4v) is 2.52. The average Bonchev–Trinajstić information content (AvgIpc) is 2.93. The molecule has 2 unspecified atom stereocenters. The number of H-pyrrole nitrogens is 2. The maximum absolute atomic E-state index is 12.1. The molecule has 6 heteroatoms. The normalized spacial score (nSPS) is 22.8. The summed E-state index contributed by atoms with van der Waals surface area (Å²) in [5, 5.41) is 6.07. The molecule has 1 aromatic heterocycles. The van der Waals surface area contributed by atoms with Crippen LogP contribution in [-0.2, 0) is 4.79 Å². The molecule has 0 saturated carbocycles. The Bertz CT molecular complexity index is 673. The number of carbonyl (C=O) groups excluding carboxylic acids is 1. The molecule has 4 N–H and O–H groups in total. The molecular formula is C13H16N4O2. The second kappa shape index (κ2) is 4.55. The molecule has 1 aromatic carbocycles. The van der Waals surface area contributed by atoms with Crippen molar-refractivity contribution >= 4 is 22.6 Å². The molecule has 0 aliphatic carbocycles. The summed E-state index contributed by atoms with van der Waals surface area (Å²) in [5.41, 5.74) is 1.86. The standard InChI is InChI=1S/C13H16N4O2/c1-7-4-5-14-11(7)12(18)15-8-2-3-9-10(6-8)17-13(19)16-9/h2-3,6-7,11,14H,4-5H2,1H3,(H,15,18)(H2,16,17,19). The number of aromatic nitrogens is 2. The topological polar surface area (TPSA) is 89.8 Å². The van der Waals surface area contributed by atoms with E-state index in [-0.39, 0.29) is 17.6 Å². The van der Waals surface area contributed by atoms with Crippen molar-refractivity contribution in [2.75, 3.05) is 11.9 Å². The Morgan fingerprint density at radius 1 is 1.32 bits per heavy atom. The van der Waals surface area contributed by atoms with Crippen LogP contribution < -0.4 is 16.3 Å². The fourth-order valence-electron chi connectivity index (χ4n) is 2.52. The highest BCUT2D eigenvalue weighted by Crippen LogP contribution is 2.18. The lowest BCUT2D eigenvalue weighted by Gasteiger charge is -2.15. The maximum Gasteiger partial charge on any atom is 0.323 e. The lowest BCUT2D eigenvalue weighted by molar-refractivity contribution is -0.118. The minimum atomic E-state index is -0.246. The molecule has 1 amide bonds. The number of hydrogen-bond acceptors (Lipinski definition) is 3. The molecule has 6 nitrogen and oxygen atoms in total. The Kier molecular flexibility index (Phi) is 2.87. The number of imidazole rings is 1. The van der Waals surface area contributed by atoms with E-state index in [1.807, 2.05) is 0 Å².